The fraction of sp³-hybridized carbons (Fsp3) is 0.231. The van der Waals surface area contributed by atoms with Crippen molar-refractivity contribution in [2.24, 2.45) is 0 Å². The molecular formula is C13H13N3O3. The Morgan fingerprint density at radius 2 is 1.89 bits per heavy atom. The van der Waals surface area contributed by atoms with E-state index < -0.39 is 5.97 Å². The minimum Gasteiger partial charge on any atom is -0.468 e. The molecule has 0 fully saturated rings. The first-order valence-corrected chi connectivity index (χ1v) is 5.65. The van der Waals surface area contributed by atoms with Gasteiger partial charge in [0.05, 0.1) is 18.1 Å². The lowest BCUT2D eigenvalue weighted by Gasteiger charge is -2.15. The van der Waals surface area contributed by atoms with Crippen LogP contribution in [0.3, 0.4) is 0 Å². The van der Waals surface area contributed by atoms with Gasteiger partial charge in [-0.15, -0.1) is 0 Å². The van der Waals surface area contributed by atoms with E-state index in [0.29, 0.717) is 11.1 Å². The highest BCUT2D eigenvalue weighted by molar-refractivity contribution is 5.98. The van der Waals surface area contributed by atoms with Gasteiger partial charge in [-0.25, -0.2) is 0 Å². The Morgan fingerprint density at radius 3 is 2.58 bits per heavy atom. The van der Waals surface area contributed by atoms with E-state index in [0.717, 1.165) is 5.52 Å². The monoisotopic (exact) mass is 259 g/mol. The van der Waals surface area contributed by atoms with E-state index in [1.807, 2.05) is 0 Å². The number of aromatic nitrogens is 2. The average molecular weight is 259 g/mol. The highest BCUT2D eigenvalue weighted by atomic mass is 16.5. The summed E-state index contributed by atoms with van der Waals surface area (Å²) in [5, 5.41) is 0. The second kappa shape index (κ2) is 5.43. The molecule has 0 radical (unpaired) electrons. The third-order valence-electron chi connectivity index (χ3n) is 2.66. The maximum Gasteiger partial charge on any atom is 0.325 e. The summed E-state index contributed by atoms with van der Waals surface area (Å²) in [4.78, 5) is 32.8. The molecule has 6 heteroatoms. The molecule has 19 heavy (non-hydrogen) atoms. The smallest absolute Gasteiger partial charge is 0.325 e. The first kappa shape index (κ1) is 12.9. The predicted octanol–water partition coefficient (Wildman–Crippen LogP) is 0.875. The van der Waals surface area contributed by atoms with Crippen molar-refractivity contribution in [2.45, 2.75) is 0 Å². The Bertz CT molecular complexity index is 627. The van der Waals surface area contributed by atoms with Crippen molar-refractivity contribution >= 4 is 22.9 Å². The molecule has 2 rings (SSSR count). The van der Waals surface area contributed by atoms with Crippen LogP contribution in [0.25, 0.3) is 11.0 Å². The van der Waals surface area contributed by atoms with Crippen LogP contribution in [0.1, 0.15) is 10.4 Å². The number of rotatable bonds is 3. The zero-order chi connectivity index (χ0) is 13.8. The lowest BCUT2D eigenvalue weighted by Crippen LogP contribution is -2.32. The predicted molar refractivity (Wildman–Crippen MR) is 68.5 cm³/mol. The first-order valence-electron chi connectivity index (χ1n) is 5.65. The van der Waals surface area contributed by atoms with Crippen molar-refractivity contribution < 1.29 is 14.3 Å². The van der Waals surface area contributed by atoms with Crippen LogP contribution in [0, 0.1) is 0 Å². The van der Waals surface area contributed by atoms with Crippen LogP contribution < -0.4 is 0 Å². The molecule has 2 aromatic rings. The van der Waals surface area contributed by atoms with Crippen molar-refractivity contribution in [2.75, 3.05) is 20.7 Å². The Kier molecular flexibility index (Phi) is 3.70. The van der Waals surface area contributed by atoms with Gasteiger partial charge in [0.15, 0.2) is 0 Å². The summed E-state index contributed by atoms with van der Waals surface area (Å²) in [5.41, 5.74) is 1.81. The summed E-state index contributed by atoms with van der Waals surface area (Å²) in [7, 11) is 2.83. The number of likely N-dealkylation sites (N-methyl/N-ethyl adjacent to an activating group) is 1. The zero-order valence-corrected chi connectivity index (χ0v) is 10.7. The highest BCUT2D eigenvalue weighted by Gasteiger charge is 2.15. The molecule has 1 amide bonds. The maximum absolute atomic E-state index is 12.1. The molecule has 0 spiro atoms. The van der Waals surface area contributed by atoms with Crippen molar-refractivity contribution in [1.82, 2.24) is 14.9 Å². The van der Waals surface area contributed by atoms with E-state index in [9.17, 15) is 9.59 Å². The second-order valence-electron chi connectivity index (χ2n) is 4.00. The minimum absolute atomic E-state index is 0.0894. The largest absolute Gasteiger partial charge is 0.468 e. The number of benzene rings is 1. The quantitative estimate of drug-likeness (QED) is 0.765. The van der Waals surface area contributed by atoms with Crippen LogP contribution in [0.2, 0.25) is 0 Å². The van der Waals surface area contributed by atoms with E-state index in [4.69, 9.17) is 0 Å². The number of fused-ring (bicyclic) bond motifs is 1. The molecule has 0 saturated heterocycles. The summed E-state index contributed by atoms with van der Waals surface area (Å²) in [6, 6.07) is 5.03. The van der Waals surface area contributed by atoms with E-state index in [1.54, 1.807) is 37.6 Å². The van der Waals surface area contributed by atoms with Crippen LogP contribution in [-0.2, 0) is 9.53 Å². The topological polar surface area (TPSA) is 72.4 Å². The van der Waals surface area contributed by atoms with Crippen LogP contribution in [0.15, 0.2) is 30.6 Å². The first-order chi connectivity index (χ1) is 9.11. The van der Waals surface area contributed by atoms with Crippen LogP contribution >= 0.6 is 0 Å². The van der Waals surface area contributed by atoms with Crippen LogP contribution in [0.5, 0.6) is 0 Å². The number of amides is 1. The lowest BCUT2D eigenvalue weighted by atomic mass is 10.1. The Hall–Kier alpha value is -2.50. The molecule has 0 unspecified atom stereocenters. The van der Waals surface area contributed by atoms with Gasteiger partial charge in [-0.05, 0) is 18.2 Å². The molecule has 6 nitrogen and oxygen atoms in total. The normalized spacial score (nSPS) is 10.2. The van der Waals surface area contributed by atoms with Gasteiger partial charge < -0.3 is 9.64 Å². The van der Waals surface area contributed by atoms with E-state index in [2.05, 4.69) is 14.7 Å². The highest BCUT2D eigenvalue weighted by Crippen LogP contribution is 2.12. The SMILES string of the molecule is COC(=O)CN(C)C(=O)c1ccc2nccnc2c1. The lowest BCUT2D eigenvalue weighted by molar-refractivity contribution is -0.141. The number of nitrogens with zero attached hydrogens (tertiary/aromatic N) is 3. The average Bonchev–Trinajstić information content (AvgIpc) is 2.45. The van der Waals surface area contributed by atoms with Crippen molar-refractivity contribution in [3.63, 3.8) is 0 Å². The van der Waals surface area contributed by atoms with Crippen molar-refractivity contribution in [3.8, 4) is 0 Å². The van der Waals surface area contributed by atoms with Gasteiger partial charge in [0.1, 0.15) is 6.54 Å². The van der Waals surface area contributed by atoms with Gasteiger partial charge in [0, 0.05) is 25.0 Å². The summed E-state index contributed by atoms with van der Waals surface area (Å²) in [6.07, 6.45) is 3.15. The van der Waals surface area contributed by atoms with Gasteiger partial charge in [0.25, 0.3) is 5.91 Å². The minimum atomic E-state index is -0.462. The Labute approximate surface area is 110 Å². The van der Waals surface area contributed by atoms with E-state index in [1.165, 1.54) is 12.0 Å². The summed E-state index contributed by atoms with van der Waals surface area (Å²) in [6.45, 7) is -0.0894. The van der Waals surface area contributed by atoms with Crippen LogP contribution in [0.4, 0.5) is 0 Å². The molecule has 0 bridgehead atoms. The molecule has 0 aliphatic heterocycles. The van der Waals surface area contributed by atoms with Crippen molar-refractivity contribution in [3.05, 3.63) is 36.2 Å². The third kappa shape index (κ3) is 2.85. The molecule has 0 N–H and O–H groups in total. The number of ether oxygens (including phenoxy) is 1. The number of esters is 1. The number of carbonyl (C=O) groups is 2. The Balaban J connectivity index is 2.23. The second-order valence-corrected chi connectivity index (χ2v) is 4.00. The fourth-order valence-electron chi connectivity index (χ4n) is 1.65. The third-order valence-corrected chi connectivity index (χ3v) is 2.66. The van der Waals surface area contributed by atoms with Gasteiger partial charge in [-0.3, -0.25) is 19.6 Å². The van der Waals surface area contributed by atoms with Crippen molar-refractivity contribution in [1.29, 1.82) is 0 Å². The summed E-state index contributed by atoms with van der Waals surface area (Å²) >= 11 is 0. The molecule has 0 saturated carbocycles. The van der Waals surface area contributed by atoms with Gasteiger partial charge in [0.2, 0.25) is 0 Å². The van der Waals surface area contributed by atoms with Crippen LogP contribution in [-0.4, -0.2) is 47.4 Å². The fourth-order valence-corrected chi connectivity index (χ4v) is 1.65. The molecule has 0 aliphatic carbocycles. The van der Waals surface area contributed by atoms with Gasteiger partial charge in [-0.1, -0.05) is 0 Å². The van der Waals surface area contributed by atoms with E-state index in [-0.39, 0.29) is 12.5 Å². The molecule has 0 atom stereocenters. The number of hydrogen-bond donors (Lipinski definition) is 0. The molecule has 1 aromatic carbocycles. The Morgan fingerprint density at radius 1 is 1.21 bits per heavy atom. The zero-order valence-electron chi connectivity index (χ0n) is 10.7. The standard InChI is InChI=1S/C13H13N3O3/c1-16(8-12(17)19-2)13(18)9-3-4-10-11(7-9)15-6-5-14-10/h3-7H,8H2,1-2H3. The molecule has 0 aliphatic rings. The van der Waals surface area contributed by atoms with Gasteiger partial charge >= 0.3 is 5.97 Å². The summed E-state index contributed by atoms with van der Waals surface area (Å²) in [5.74, 6) is -0.727. The number of methoxy groups -OCH3 is 1. The number of hydrogen-bond acceptors (Lipinski definition) is 5. The summed E-state index contributed by atoms with van der Waals surface area (Å²) < 4.78 is 4.52. The molecular weight excluding hydrogens is 246 g/mol. The number of carbonyl (C=O) groups excluding carboxylic acids is 2. The maximum atomic E-state index is 12.1. The molecule has 98 valence electrons. The molecule has 1 heterocycles. The molecule has 1 aromatic heterocycles. The van der Waals surface area contributed by atoms with E-state index >= 15 is 0 Å². The van der Waals surface area contributed by atoms with Gasteiger partial charge in [-0.2, -0.15) is 0 Å².